The van der Waals surface area contributed by atoms with Crippen LogP contribution in [0.2, 0.25) is 0 Å². The number of benzene rings is 3. The van der Waals surface area contributed by atoms with Crippen LogP contribution >= 0.6 is 0 Å². The average Bonchev–Trinajstić information content (AvgIpc) is 3.24. The molecular weight excluding hydrogens is 497 g/mol. The molecule has 0 saturated heterocycles. The quantitative estimate of drug-likeness (QED) is 0.357. The lowest BCUT2D eigenvalue weighted by Gasteiger charge is -2.16. The van der Waals surface area contributed by atoms with E-state index >= 15 is 0 Å². The van der Waals surface area contributed by atoms with Crippen LogP contribution in [0.4, 0.5) is 19.0 Å². The summed E-state index contributed by atoms with van der Waals surface area (Å²) in [5, 5.41) is 14.9. The van der Waals surface area contributed by atoms with Gasteiger partial charge in [0.05, 0.1) is 23.0 Å². The van der Waals surface area contributed by atoms with Crippen LogP contribution < -0.4 is 11.3 Å². The second-order valence-electron chi connectivity index (χ2n) is 8.59. The molecule has 0 aliphatic rings. The first-order chi connectivity index (χ1) is 18.3. The first kappa shape index (κ1) is 23.2. The topological polar surface area (TPSA) is 112 Å². The summed E-state index contributed by atoms with van der Waals surface area (Å²) in [6, 6.07) is 14.9. The SMILES string of the molecule is Nc1ncnc2c1c(-c1cc(O)cc(F)c1)nn2Cc1cc2cccc(F)c2c(=O)n1-c1ccccc1F. The molecule has 0 saturated carbocycles. The molecule has 6 aromatic rings. The number of nitrogens with two attached hydrogens (primary N) is 1. The van der Waals surface area contributed by atoms with Crippen LogP contribution in [0.25, 0.3) is 38.8 Å². The monoisotopic (exact) mass is 514 g/mol. The molecule has 8 nitrogen and oxygen atoms in total. The van der Waals surface area contributed by atoms with Crippen LogP contribution in [0.5, 0.6) is 5.75 Å². The van der Waals surface area contributed by atoms with Crippen molar-refractivity contribution in [3.8, 4) is 22.7 Å². The number of anilines is 1. The first-order valence-corrected chi connectivity index (χ1v) is 11.4. The number of para-hydroxylation sites is 1. The van der Waals surface area contributed by atoms with E-state index < -0.39 is 23.0 Å². The Bertz CT molecular complexity index is 1930. The van der Waals surface area contributed by atoms with Gasteiger partial charge in [-0.2, -0.15) is 5.10 Å². The van der Waals surface area contributed by atoms with Gasteiger partial charge in [-0.1, -0.05) is 24.3 Å². The third-order valence-electron chi connectivity index (χ3n) is 6.19. The van der Waals surface area contributed by atoms with Crippen molar-refractivity contribution in [2.24, 2.45) is 0 Å². The molecule has 0 spiro atoms. The molecule has 3 heterocycles. The van der Waals surface area contributed by atoms with E-state index in [1.54, 1.807) is 18.2 Å². The van der Waals surface area contributed by atoms with Gasteiger partial charge in [-0.3, -0.25) is 9.36 Å². The summed E-state index contributed by atoms with van der Waals surface area (Å²) in [7, 11) is 0. The molecule has 3 aromatic heterocycles. The minimum absolute atomic E-state index is 0.0621. The normalized spacial score (nSPS) is 11.4. The van der Waals surface area contributed by atoms with Crippen molar-refractivity contribution in [1.82, 2.24) is 24.3 Å². The van der Waals surface area contributed by atoms with Gasteiger partial charge in [-0.25, -0.2) is 27.8 Å². The van der Waals surface area contributed by atoms with Crippen LogP contribution in [0.3, 0.4) is 0 Å². The number of hydrogen-bond acceptors (Lipinski definition) is 6. The predicted octanol–water partition coefficient (Wildman–Crippen LogP) is 4.55. The number of phenols is 1. The fraction of sp³-hybridized carbons (Fsp3) is 0.0370. The minimum atomic E-state index is -0.749. The highest BCUT2D eigenvalue weighted by atomic mass is 19.1. The zero-order valence-electron chi connectivity index (χ0n) is 19.4. The number of halogens is 3. The van der Waals surface area contributed by atoms with Gasteiger partial charge in [0.15, 0.2) is 5.65 Å². The Morgan fingerprint density at radius 1 is 0.895 bits per heavy atom. The van der Waals surface area contributed by atoms with E-state index in [9.17, 15) is 23.1 Å². The zero-order valence-corrected chi connectivity index (χ0v) is 19.4. The lowest BCUT2D eigenvalue weighted by atomic mass is 10.1. The van der Waals surface area contributed by atoms with Gasteiger partial charge in [0.25, 0.3) is 5.56 Å². The molecule has 6 rings (SSSR count). The van der Waals surface area contributed by atoms with Crippen molar-refractivity contribution < 1.29 is 18.3 Å². The lowest BCUT2D eigenvalue weighted by molar-refractivity contribution is 0.469. The number of aromatic nitrogens is 5. The molecule has 0 aliphatic carbocycles. The van der Waals surface area contributed by atoms with E-state index in [-0.39, 0.29) is 51.8 Å². The maximum absolute atomic E-state index is 14.9. The number of aromatic hydroxyl groups is 1. The summed E-state index contributed by atoms with van der Waals surface area (Å²) in [6.07, 6.45) is 1.22. The van der Waals surface area contributed by atoms with Crippen molar-refractivity contribution in [2.45, 2.75) is 6.54 Å². The number of rotatable bonds is 4. The van der Waals surface area contributed by atoms with E-state index in [4.69, 9.17) is 5.73 Å². The van der Waals surface area contributed by atoms with Crippen molar-refractivity contribution in [1.29, 1.82) is 0 Å². The van der Waals surface area contributed by atoms with Gasteiger partial charge in [-0.05, 0) is 41.8 Å². The van der Waals surface area contributed by atoms with Crippen molar-refractivity contribution in [2.75, 3.05) is 5.73 Å². The van der Waals surface area contributed by atoms with Gasteiger partial charge < -0.3 is 10.8 Å². The molecule has 0 bridgehead atoms. The maximum Gasteiger partial charge on any atom is 0.266 e. The summed E-state index contributed by atoms with van der Waals surface area (Å²) in [4.78, 5) is 21.8. The Balaban J connectivity index is 1.63. The molecule has 3 aromatic carbocycles. The highest BCUT2D eigenvalue weighted by Gasteiger charge is 2.21. The van der Waals surface area contributed by atoms with Crippen molar-refractivity contribution in [3.05, 3.63) is 107 Å². The number of hydrogen-bond donors (Lipinski definition) is 2. The summed E-state index contributed by atoms with van der Waals surface area (Å²) >= 11 is 0. The molecule has 0 radical (unpaired) electrons. The molecule has 0 amide bonds. The fourth-order valence-electron chi connectivity index (χ4n) is 4.59. The highest BCUT2D eigenvalue weighted by Crippen LogP contribution is 2.33. The predicted molar refractivity (Wildman–Crippen MR) is 135 cm³/mol. The zero-order chi connectivity index (χ0) is 26.6. The maximum atomic E-state index is 14.9. The number of pyridine rings is 1. The van der Waals surface area contributed by atoms with Crippen LogP contribution in [0.15, 0.2) is 77.9 Å². The second kappa shape index (κ2) is 8.73. The Kier molecular flexibility index (Phi) is 5.34. The van der Waals surface area contributed by atoms with Crippen molar-refractivity contribution >= 4 is 27.6 Å². The summed E-state index contributed by atoms with van der Waals surface area (Å²) in [5.74, 6) is -2.36. The summed E-state index contributed by atoms with van der Waals surface area (Å²) in [5.41, 5.74) is 6.25. The van der Waals surface area contributed by atoms with Crippen LogP contribution in [0.1, 0.15) is 5.69 Å². The van der Waals surface area contributed by atoms with E-state index in [0.717, 1.165) is 16.7 Å². The van der Waals surface area contributed by atoms with Crippen LogP contribution in [0, 0.1) is 17.5 Å². The number of phenolic OH excluding ortho intramolecular Hbond substituents is 1. The smallest absolute Gasteiger partial charge is 0.266 e. The second-order valence-corrected chi connectivity index (χ2v) is 8.59. The van der Waals surface area contributed by atoms with E-state index in [0.29, 0.717) is 10.8 Å². The minimum Gasteiger partial charge on any atom is -0.508 e. The Hall–Kier alpha value is -5.19. The lowest BCUT2D eigenvalue weighted by Crippen LogP contribution is -2.25. The van der Waals surface area contributed by atoms with Gasteiger partial charge in [-0.15, -0.1) is 0 Å². The Labute approximate surface area is 212 Å². The van der Waals surface area contributed by atoms with Crippen LogP contribution in [-0.4, -0.2) is 29.4 Å². The first-order valence-electron chi connectivity index (χ1n) is 11.4. The standard InChI is InChI=1S/C27H17F3N6O2/c28-16-8-15(10-18(37)11-16)24-23-25(31)32-13-33-26(23)35(34-24)12-17-9-14-4-3-6-20(30)22(14)27(38)36(17)21-7-2-1-5-19(21)29/h1-11,13,37H,12H2,(H2,31,32,33). The number of fused-ring (bicyclic) bond motifs is 2. The Morgan fingerprint density at radius 3 is 2.47 bits per heavy atom. The fourth-order valence-corrected chi connectivity index (χ4v) is 4.59. The van der Waals surface area contributed by atoms with Gasteiger partial charge in [0.2, 0.25) is 0 Å². The molecule has 188 valence electrons. The van der Waals surface area contributed by atoms with Gasteiger partial charge in [0.1, 0.15) is 41.0 Å². The van der Waals surface area contributed by atoms with E-state index in [1.807, 2.05) is 0 Å². The molecule has 3 N–H and O–H groups in total. The van der Waals surface area contributed by atoms with Crippen molar-refractivity contribution in [3.63, 3.8) is 0 Å². The summed E-state index contributed by atoms with van der Waals surface area (Å²) < 4.78 is 46.2. The molecule has 0 atom stereocenters. The molecule has 11 heteroatoms. The third kappa shape index (κ3) is 3.72. The van der Waals surface area contributed by atoms with Gasteiger partial charge >= 0.3 is 0 Å². The summed E-state index contributed by atoms with van der Waals surface area (Å²) in [6.45, 7) is -0.121. The third-order valence-corrected chi connectivity index (χ3v) is 6.19. The molecular formula is C27H17F3N6O2. The number of nitrogens with zero attached hydrogens (tertiary/aromatic N) is 5. The molecule has 0 unspecified atom stereocenters. The average molecular weight is 514 g/mol. The Morgan fingerprint density at radius 2 is 1.68 bits per heavy atom. The molecule has 0 fully saturated rings. The largest absolute Gasteiger partial charge is 0.508 e. The molecule has 38 heavy (non-hydrogen) atoms. The van der Waals surface area contributed by atoms with E-state index in [1.165, 1.54) is 47.4 Å². The number of nitrogen functional groups attached to an aromatic ring is 1. The van der Waals surface area contributed by atoms with Gasteiger partial charge in [0, 0.05) is 17.3 Å². The van der Waals surface area contributed by atoms with Crippen LogP contribution in [-0.2, 0) is 6.54 Å². The highest BCUT2D eigenvalue weighted by molar-refractivity contribution is 5.98. The molecule has 0 aliphatic heterocycles. The van der Waals surface area contributed by atoms with E-state index in [2.05, 4.69) is 15.1 Å².